The lowest BCUT2D eigenvalue weighted by molar-refractivity contribution is 0.0948. The number of carbonyl (C=O) groups excluding carboxylic acids is 1. The van der Waals surface area contributed by atoms with E-state index in [0.717, 1.165) is 47.2 Å². The Balaban J connectivity index is 1.26. The highest BCUT2D eigenvalue weighted by molar-refractivity contribution is 5.97. The Morgan fingerprint density at radius 2 is 1.73 bits per heavy atom. The lowest BCUT2D eigenvalue weighted by Gasteiger charge is -2.47. The molecule has 0 aromatic heterocycles. The summed E-state index contributed by atoms with van der Waals surface area (Å²) < 4.78 is 0. The minimum absolute atomic E-state index is 0.000472. The number of nitrogens with zero attached hydrogens (tertiary/aromatic N) is 1. The minimum atomic E-state index is -0.265. The summed E-state index contributed by atoms with van der Waals surface area (Å²) in [6, 6.07) is 19.3. The molecule has 0 radical (unpaired) electrons. The summed E-state index contributed by atoms with van der Waals surface area (Å²) in [6.45, 7) is 1.41. The van der Waals surface area contributed by atoms with E-state index in [1.54, 1.807) is 24.3 Å². The van der Waals surface area contributed by atoms with E-state index in [-0.39, 0.29) is 35.8 Å². The van der Waals surface area contributed by atoms with Crippen LogP contribution in [-0.4, -0.2) is 58.9 Å². The van der Waals surface area contributed by atoms with Gasteiger partial charge in [0, 0.05) is 18.2 Å². The first-order valence-corrected chi connectivity index (χ1v) is 13.0. The third-order valence-electron chi connectivity index (χ3n) is 7.94. The lowest BCUT2D eigenvalue weighted by Crippen LogP contribution is -2.49. The van der Waals surface area contributed by atoms with Crippen LogP contribution in [0.3, 0.4) is 0 Å². The Morgan fingerprint density at radius 3 is 2.43 bits per heavy atom. The zero-order chi connectivity index (χ0) is 25.9. The van der Waals surface area contributed by atoms with Gasteiger partial charge < -0.3 is 25.5 Å². The highest BCUT2D eigenvalue weighted by Crippen LogP contribution is 2.48. The van der Waals surface area contributed by atoms with Gasteiger partial charge in [-0.25, -0.2) is 0 Å². The maximum atomic E-state index is 13.0. The van der Waals surface area contributed by atoms with E-state index in [1.165, 1.54) is 0 Å². The van der Waals surface area contributed by atoms with E-state index in [1.807, 2.05) is 42.5 Å². The Kier molecular flexibility index (Phi) is 7.31. The molecule has 1 amide bonds. The smallest absolute Gasteiger partial charge is 0.255 e. The largest absolute Gasteiger partial charge is 0.508 e. The molecular formula is C31H34N2O4. The number of phenols is 2. The van der Waals surface area contributed by atoms with Gasteiger partial charge in [-0.1, -0.05) is 54.6 Å². The Hall–Kier alpha value is -3.61. The zero-order valence-corrected chi connectivity index (χ0v) is 21.1. The van der Waals surface area contributed by atoms with Crippen LogP contribution in [0.5, 0.6) is 11.5 Å². The fourth-order valence-corrected chi connectivity index (χ4v) is 5.96. The van der Waals surface area contributed by atoms with Crippen molar-refractivity contribution in [3.05, 3.63) is 95.1 Å². The van der Waals surface area contributed by atoms with Gasteiger partial charge in [-0.05, 0) is 85.1 Å². The topological polar surface area (TPSA) is 93.0 Å². The van der Waals surface area contributed by atoms with Crippen molar-refractivity contribution in [1.82, 2.24) is 10.2 Å². The van der Waals surface area contributed by atoms with Gasteiger partial charge in [0.15, 0.2) is 0 Å². The van der Waals surface area contributed by atoms with Gasteiger partial charge in [0.05, 0.1) is 12.2 Å². The Bertz CT molecular complexity index is 1280. The van der Waals surface area contributed by atoms with Crippen LogP contribution in [0.1, 0.15) is 39.4 Å². The quantitative estimate of drug-likeness (QED) is 0.366. The molecule has 0 spiro atoms. The average Bonchev–Trinajstić information content (AvgIpc) is 2.90. The zero-order valence-electron chi connectivity index (χ0n) is 21.1. The van der Waals surface area contributed by atoms with Crippen molar-refractivity contribution in [1.29, 1.82) is 0 Å². The van der Waals surface area contributed by atoms with Crippen LogP contribution < -0.4 is 5.32 Å². The minimum Gasteiger partial charge on any atom is -0.508 e. The summed E-state index contributed by atoms with van der Waals surface area (Å²) in [5, 5.41) is 33.0. The number of aliphatic hydroxyl groups is 1. The van der Waals surface area contributed by atoms with Crippen molar-refractivity contribution >= 4 is 5.91 Å². The molecule has 37 heavy (non-hydrogen) atoms. The average molecular weight is 499 g/mol. The number of rotatable bonds is 7. The molecule has 1 saturated heterocycles. The van der Waals surface area contributed by atoms with Crippen LogP contribution in [0.4, 0.5) is 0 Å². The highest BCUT2D eigenvalue weighted by Gasteiger charge is 2.42. The van der Waals surface area contributed by atoms with Crippen LogP contribution in [0.25, 0.3) is 11.1 Å². The monoisotopic (exact) mass is 498 g/mol. The maximum Gasteiger partial charge on any atom is 0.255 e. The van der Waals surface area contributed by atoms with Gasteiger partial charge in [-0.2, -0.15) is 0 Å². The summed E-state index contributed by atoms with van der Waals surface area (Å²) >= 11 is 0. The molecule has 4 N–H and O–H groups in total. The third kappa shape index (κ3) is 5.13. The fraction of sp³-hybridized carbons (Fsp3) is 0.323. The van der Waals surface area contributed by atoms with Gasteiger partial charge in [-0.15, -0.1) is 0 Å². The van der Waals surface area contributed by atoms with Crippen molar-refractivity contribution in [3.8, 4) is 22.6 Å². The molecule has 1 aliphatic carbocycles. The van der Waals surface area contributed by atoms with Crippen LogP contribution >= 0.6 is 0 Å². The molecule has 1 heterocycles. The summed E-state index contributed by atoms with van der Waals surface area (Å²) in [6.07, 6.45) is 6.27. The molecular weight excluding hydrogens is 464 g/mol. The lowest BCUT2D eigenvalue weighted by atomic mass is 9.67. The molecule has 0 unspecified atom stereocenters. The molecule has 2 bridgehead atoms. The summed E-state index contributed by atoms with van der Waals surface area (Å²) in [4.78, 5) is 15.4. The summed E-state index contributed by atoms with van der Waals surface area (Å²) in [7, 11) is 2.13. The SMILES string of the molecule is CN1CC[C@H]2c3c(ccc(C(=O)NCCc4ccc(-c5ccc(O)cc5)cc4)c3O)C[C@@H]1[C@@H]2/C=C\CO. The number of aromatic hydroxyl groups is 2. The van der Waals surface area contributed by atoms with E-state index >= 15 is 0 Å². The van der Waals surface area contributed by atoms with E-state index in [0.29, 0.717) is 24.6 Å². The number of amides is 1. The van der Waals surface area contributed by atoms with Crippen molar-refractivity contribution in [2.75, 3.05) is 26.7 Å². The number of hydrogen-bond donors (Lipinski definition) is 4. The van der Waals surface area contributed by atoms with Crippen molar-refractivity contribution < 1.29 is 20.1 Å². The number of likely N-dealkylation sites (N-methyl/N-ethyl adjacent to an activating group) is 1. The number of piperidine rings is 1. The van der Waals surface area contributed by atoms with Gasteiger partial charge in [0.25, 0.3) is 5.91 Å². The first-order chi connectivity index (χ1) is 18.0. The normalized spacial score (nSPS) is 21.1. The molecule has 192 valence electrons. The van der Waals surface area contributed by atoms with E-state index in [2.05, 4.69) is 23.3 Å². The molecule has 3 atom stereocenters. The Labute approximate surface area is 217 Å². The first-order valence-electron chi connectivity index (χ1n) is 13.0. The third-order valence-corrected chi connectivity index (χ3v) is 7.94. The predicted octanol–water partition coefficient (Wildman–Crippen LogP) is 4.25. The second-order valence-electron chi connectivity index (χ2n) is 10.1. The van der Waals surface area contributed by atoms with E-state index < -0.39 is 0 Å². The summed E-state index contributed by atoms with van der Waals surface area (Å²) in [5.74, 6) is 0.414. The van der Waals surface area contributed by atoms with Crippen LogP contribution in [0.15, 0.2) is 72.8 Å². The number of hydrogen-bond acceptors (Lipinski definition) is 5. The second kappa shape index (κ2) is 10.8. The molecule has 6 heteroatoms. The molecule has 5 rings (SSSR count). The van der Waals surface area contributed by atoms with Crippen LogP contribution in [0, 0.1) is 5.92 Å². The second-order valence-corrected chi connectivity index (χ2v) is 10.1. The molecule has 3 aromatic rings. The number of likely N-dealkylation sites (tertiary alicyclic amines) is 1. The molecule has 2 aliphatic rings. The van der Waals surface area contributed by atoms with Gasteiger partial charge in [0.1, 0.15) is 11.5 Å². The molecule has 1 fully saturated rings. The number of carbonyl (C=O) groups is 1. The van der Waals surface area contributed by atoms with Crippen molar-refractivity contribution in [2.45, 2.75) is 31.2 Å². The van der Waals surface area contributed by atoms with Gasteiger partial charge in [-0.3, -0.25) is 4.79 Å². The number of fused-ring (bicyclic) bond motifs is 4. The molecule has 1 aliphatic heterocycles. The Morgan fingerprint density at radius 1 is 1.03 bits per heavy atom. The molecule has 3 aromatic carbocycles. The number of benzene rings is 3. The first kappa shape index (κ1) is 25.1. The number of aliphatic hydroxyl groups excluding tert-OH is 1. The number of nitrogens with one attached hydrogen (secondary N) is 1. The predicted molar refractivity (Wildman–Crippen MR) is 145 cm³/mol. The van der Waals surface area contributed by atoms with E-state index in [4.69, 9.17) is 0 Å². The van der Waals surface area contributed by atoms with Crippen LogP contribution in [0.2, 0.25) is 0 Å². The number of phenolic OH excluding ortho intramolecular Hbond substituents is 2. The summed E-state index contributed by atoms with van der Waals surface area (Å²) in [5.41, 5.74) is 5.53. The van der Waals surface area contributed by atoms with Crippen molar-refractivity contribution in [2.24, 2.45) is 5.92 Å². The highest BCUT2D eigenvalue weighted by atomic mass is 16.3. The molecule has 6 nitrogen and oxygen atoms in total. The van der Waals surface area contributed by atoms with Crippen LogP contribution in [-0.2, 0) is 12.8 Å². The van der Waals surface area contributed by atoms with Gasteiger partial charge in [0.2, 0.25) is 0 Å². The van der Waals surface area contributed by atoms with Crippen molar-refractivity contribution in [3.63, 3.8) is 0 Å². The van der Waals surface area contributed by atoms with Gasteiger partial charge >= 0.3 is 0 Å². The fourth-order valence-electron chi connectivity index (χ4n) is 5.96. The maximum absolute atomic E-state index is 13.0. The molecule has 0 saturated carbocycles. The standard InChI is InChI=1S/C31H34N2O4/c1-33-17-15-26-25(3-2-18-34)28(33)19-23-10-13-27(30(36)29(23)26)31(37)32-16-14-20-4-6-21(7-5-20)22-8-11-24(35)12-9-22/h2-13,25-26,28,34-36H,14-19H2,1H3,(H,32,37)/b3-2-/t25-,26-,28-/m1/s1. The van der Waals surface area contributed by atoms with E-state index in [9.17, 15) is 20.1 Å².